The maximum Gasteiger partial charge on any atom is 0.271 e. The van der Waals surface area contributed by atoms with E-state index in [4.69, 9.17) is 16.3 Å². The largest absolute Gasteiger partial charge is 0.495 e. The van der Waals surface area contributed by atoms with E-state index in [2.05, 4.69) is 10.4 Å². The van der Waals surface area contributed by atoms with Crippen molar-refractivity contribution in [2.75, 3.05) is 12.4 Å². The van der Waals surface area contributed by atoms with Crippen LogP contribution in [0.1, 0.15) is 18.1 Å². The fourth-order valence-corrected chi connectivity index (χ4v) is 3.68. The van der Waals surface area contributed by atoms with Gasteiger partial charge in [0, 0.05) is 17.2 Å². The molecule has 0 aliphatic rings. The minimum Gasteiger partial charge on any atom is -0.495 e. The number of aromatic nitrogens is 2. The number of aryl methyl sites for hydroxylation is 2. The molecule has 0 bridgehead atoms. The highest BCUT2D eigenvalue weighted by Crippen LogP contribution is 2.32. The Bertz CT molecular complexity index is 1130. The average molecular weight is 444 g/mol. The zero-order valence-electron chi connectivity index (χ0n) is 17.1. The summed E-state index contributed by atoms with van der Waals surface area (Å²) in [4.78, 5) is 25.0. The summed E-state index contributed by atoms with van der Waals surface area (Å²) in [5.74, 6) is 0.275. The van der Waals surface area contributed by atoms with Crippen LogP contribution in [0, 0.1) is 13.8 Å². The first-order chi connectivity index (χ1) is 14.3. The Morgan fingerprint density at radius 3 is 2.53 bits per heavy atom. The molecule has 3 rings (SSSR count). The number of thioether (sulfide) groups is 1. The minimum absolute atomic E-state index is 0.213. The summed E-state index contributed by atoms with van der Waals surface area (Å²) in [6, 6.07) is 14.0. The molecule has 6 nitrogen and oxygen atoms in total. The molecule has 0 radical (unpaired) electrons. The summed E-state index contributed by atoms with van der Waals surface area (Å²) in [6.45, 7) is 5.61. The molecule has 2 aromatic carbocycles. The number of amides is 1. The fraction of sp³-hybridized carbons (Fsp3) is 0.227. The lowest BCUT2D eigenvalue weighted by atomic mass is 10.2. The third-order valence-electron chi connectivity index (χ3n) is 4.46. The van der Waals surface area contributed by atoms with Crippen LogP contribution in [0.3, 0.4) is 0 Å². The fourth-order valence-electron chi connectivity index (χ4n) is 2.73. The van der Waals surface area contributed by atoms with Crippen LogP contribution in [-0.4, -0.2) is 28.0 Å². The van der Waals surface area contributed by atoms with Gasteiger partial charge in [-0.3, -0.25) is 9.59 Å². The Morgan fingerprint density at radius 1 is 1.17 bits per heavy atom. The van der Waals surface area contributed by atoms with Crippen molar-refractivity contribution in [3.05, 3.63) is 75.0 Å². The van der Waals surface area contributed by atoms with Gasteiger partial charge in [0.1, 0.15) is 10.8 Å². The van der Waals surface area contributed by atoms with Crippen LogP contribution in [0.15, 0.2) is 58.4 Å². The number of carbonyl (C=O) groups is 1. The lowest BCUT2D eigenvalue weighted by Gasteiger charge is -2.15. The van der Waals surface area contributed by atoms with Crippen molar-refractivity contribution in [2.45, 2.75) is 31.0 Å². The molecule has 0 unspecified atom stereocenters. The van der Waals surface area contributed by atoms with Crippen molar-refractivity contribution in [3.8, 4) is 11.4 Å². The van der Waals surface area contributed by atoms with Gasteiger partial charge in [0.25, 0.3) is 5.56 Å². The Morgan fingerprint density at radius 2 is 1.87 bits per heavy atom. The number of rotatable bonds is 6. The average Bonchev–Trinajstić information content (AvgIpc) is 2.72. The predicted molar refractivity (Wildman–Crippen MR) is 121 cm³/mol. The summed E-state index contributed by atoms with van der Waals surface area (Å²) in [7, 11) is 1.52. The van der Waals surface area contributed by atoms with Crippen LogP contribution >= 0.6 is 23.4 Å². The molecule has 156 valence electrons. The quantitative estimate of drug-likeness (QED) is 0.562. The summed E-state index contributed by atoms with van der Waals surface area (Å²) in [5.41, 5.74) is 2.91. The molecular weight excluding hydrogens is 422 g/mol. The zero-order chi connectivity index (χ0) is 21.8. The molecular formula is C22H22ClN3O3S. The molecule has 0 saturated heterocycles. The van der Waals surface area contributed by atoms with Gasteiger partial charge in [-0.25, -0.2) is 0 Å². The first-order valence-corrected chi connectivity index (χ1v) is 10.5. The molecule has 1 amide bonds. The van der Waals surface area contributed by atoms with Gasteiger partial charge in [-0.15, -0.1) is 0 Å². The number of nitrogens with zero attached hydrogens (tertiary/aromatic N) is 2. The number of carbonyl (C=O) groups excluding carboxylic acids is 1. The lowest BCUT2D eigenvalue weighted by molar-refractivity contribution is -0.115. The monoisotopic (exact) mass is 443 g/mol. The minimum atomic E-state index is -0.456. The van der Waals surface area contributed by atoms with E-state index in [0.29, 0.717) is 27.2 Å². The number of anilines is 1. The van der Waals surface area contributed by atoms with Crippen LogP contribution in [0.5, 0.6) is 5.75 Å². The molecule has 1 atom stereocenters. The molecule has 0 aliphatic carbocycles. The van der Waals surface area contributed by atoms with E-state index >= 15 is 0 Å². The topological polar surface area (TPSA) is 73.2 Å². The second-order valence-corrected chi connectivity index (χ2v) is 8.58. The summed E-state index contributed by atoms with van der Waals surface area (Å²) >= 11 is 7.39. The standard InChI is InChI=1S/C22H22ClN3O3S/c1-13-5-7-16(8-6-13)26-21(27)10-9-20(25-26)30-15(3)22(28)24-18-11-14(2)17(23)12-19(18)29-4/h5-12,15H,1-4H3,(H,24,28)/t15-/m1/s1. The molecule has 3 aromatic rings. The van der Waals surface area contributed by atoms with E-state index in [0.717, 1.165) is 11.1 Å². The maximum absolute atomic E-state index is 12.7. The third-order valence-corrected chi connectivity index (χ3v) is 5.89. The number of ether oxygens (including phenoxy) is 1. The van der Waals surface area contributed by atoms with E-state index in [1.807, 2.05) is 38.1 Å². The number of methoxy groups -OCH3 is 1. The second kappa shape index (κ2) is 9.36. The molecule has 0 spiro atoms. The highest BCUT2D eigenvalue weighted by molar-refractivity contribution is 8.00. The van der Waals surface area contributed by atoms with Gasteiger partial charge < -0.3 is 10.1 Å². The van der Waals surface area contributed by atoms with Gasteiger partial charge in [0.15, 0.2) is 0 Å². The maximum atomic E-state index is 12.7. The van der Waals surface area contributed by atoms with Crippen LogP contribution in [0.2, 0.25) is 5.02 Å². The molecule has 0 fully saturated rings. The van der Waals surface area contributed by atoms with Crippen LogP contribution in [0.4, 0.5) is 5.69 Å². The molecule has 30 heavy (non-hydrogen) atoms. The van der Waals surface area contributed by atoms with Crippen molar-refractivity contribution < 1.29 is 9.53 Å². The number of hydrogen-bond acceptors (Lipinski definition) is 5. The first kappa shape index (κ1) is 21.9. The first-order valence-electron chi connectivity index (χ1n) is 9.27. The number of hydrogen-bond donors (Lipinski definition) is 1. The molecule has 1 aromatic heterocycles. The van der Waals surface area contributed by atoms with Crippen molar-refractivity contribution in [2.24, 2.45) is 0 Å². The Balaban J connectivity index is 1.77. The predicted octanol–water partition coefficient (Wildman–Crippen LogP) is 4.63. The lowest BCUT2D eigenvalue weighted by Crippen LogP contribution is -2.24. The molecule has 0 saturated carbocycles. The van der Waals surface area contributed by atoms with E-state index in [9.17, 15) is 9.59 Å². The van der Waals surface area contributed by atoms with Crippen molar-refractivity contribution in [1.82, 2.24) is 9.78 Å². The molecule has 1 N–H and O–H groups in total. The van der Waals surface area contributed by atoms with Crippen molar-refractivity contribution >= 4 is 35.0 Å². The van der Waals surface area contributed by atoms with E-state index < -0.39 is 5.25 Å². The Hall–Kier alpha value is -2.77. The van der Waals surface area contributed by atoms with Gasteiger partial charge >= 0.3 is 0 Å². The van der Waals surface area contributed by atoms with Gasteiger partial charge in [0.2, 0.25) is 5.91 Å². The van der Waals surface area contributed by atoms with Gasteiger partial charge in [0.05, 0.1) is 23.7 Å². The van der Waals surface area contributed by atoms with Crippen LogP contribution in [-0.2, 0) is 4.79 Å². The number of halogens is 1. The third kappa shape index (κ3) is 5.04. The smallest absolute Gasteiger partial charge is 0.271 e. The number of benzene rings is 2. The van der Waals surface area contributed by atoms with Gasteiger partial charge in [-0.05, 0) is 50.6 Å². The highest BCUT2D eigenvalue weighted by Gasteiger charge is 2.18. The molecule has 1 heterocycles. The second-order valence-electron chi connectivity index (χ2n) is 6.81. The Kier molecular flexibility index (Phi) is 6.84. The summed E-state index contributed by atoms with van der Waals surface area (Å²) in [5, 5.41) is 7.95. The summed E-state index contributed by atoms with van der Waals surface area (Å²) < 4.78 is 6.64. The van der Waals surface area contributed by atoms with Crippen molar-refractivity contribution in [3.63, 3.8) is 0 Å². The highest BCUT2D eigenvalue weighted by atomic mass is 35.5. The molecule has 0 aliphatic heterocycles. The van der Waals surface area contributed by atoms with Gasteiger partial charge in [-0.2, -0.15) is 9.78 Å². The van der Waals surface area contributed by atoms with E-state index in [1.165, 1.54) is 29.6 Å². The van der Waals surface area contributed by atoms with Crippen molar-refractivity contribution in [1.29, 1.82) is 0 Å². The normalized spacial score (nSPS) is 11.8. The van der Waals surface area contributed by atoms with Gasteiger partial charge in [-0.1, -0.05) is 41.1 Å². The summed E-state index contributed by atoms with van der Waals surface area (Å²) in [6.07, 6.45) is 0. The van der Waals surface area contributed by atoms with E-state index in [-0.39, 0.29) is 11.5 Å². The Labute approximate surface area is 184 Å². The van der Waals surface area contributed by atoms with Crippen LogP contribution in [0.25, 0.3) is 5.69 Å². The SMILES string of the molecule is COc1cc(Cl)c(C)cc1NC(=O)[C@@H](C)Sc1ccc(=O)n(-c2ccc(C)cc2)n1. The molecule has 8 heteroatoms. The van der Waals surface area contributed by atoms with Crippen LogP contribution < -0.4 is 15.6 Å². The zero-order valence-corrected chi connectivity index (χ0v) is 18.7. The van der Waals surface area contributed by atoms with E-state index in [1.54, 1.807) is 25.1 Å². The number of nitrogens with one attached hydrogen (secondary N) is 1.